The summed E-state index contributed by atoms with van der Waals surface area (Å²) in [4.78, 5) is 11.5. The zero-order valence-electron chi connectivity index (χ0n) is 11.2. The highest BCUT2D eigenvalue weighted by Gasteiger charge is 2.06. The lowest BCUT2D eigenvalue weighted by atomic mass is 9.97. The Kier molecular flexibility index (Phi) is 5.16. The molecule has 1 unspecified atom stereocenters. The maximum absolute atomic E-state index is 11.5. The van der Waals surface area contributed by atoms with Gasteiger partial charge in [-0.05, 0) is 23.5 Å². The van der Waals surface area contributed by atoms with E-state index in [1.165, 1.54) is 5.56 Å². The molecule has 1 aromatic carbocycles. The van der Waals surface area contributed by atoms with Crippen molar-refractivity contribution in [2.24, 2.45) is 0 Å². The fourth-order valence-corrected chi connectivity index (χ4v) is 1.67. The maximum atomic E-state index is 11.5. The molecule has 0 bridgehead atoms. The van der Waals surface area contributed by atoms with E-state index >= 15 is 0 Å². The minimum Gasteiger partial charge on any atom is -0.289 e. The first-order valence-electron chi connectivity index (χ1n) is 6.08. The number of carbonyl (C=O) groups excluding carboxylic acids is 1. The van der Waals surface area contributed by atoms with Gasteiger partial charge in [0.1, 0.15) is 0 Å². The molecule has 0 spiro atoms. The quantitative estimate of drug-likeness (QED) is 0.793. The van der Waals surface area contributed by atoms with Gasteiger partial charge in [-0.25, -0.2) is 5.01 Å². The molecule has 0 aromatic heterocycles. The van der Waals surface area contributed by atoms with Gasteiger partial charge in [-0.15, -0.1) is 0 Å². The van der Waals surface area contributed by atoms with Crippen LogP contribution in [0.15, 0.2) is 24.3 Å². The largest absolute Gasteiger partial charge is 0.289 e. The molecule has 0 saturated carbocycles. The Balaban J connectivity index is 2.59. The zero-order chi connectivity index (χ0) is 12.8. The molecule has 1 aromatic rings. The number of carbonyl (C=O) groups is 1. The number of hydrazine groups is 1. The van der Waals surface area contributed by atoms with E-state index in [9.17, 15) is 4.79 Å². The van der Waals surface area contributed by atoms with E-state index in [1.807, 2.05) is 26.2 Å². The van der Waals surface area contributed by atoms with Crippen molar-refractivity contribution in [1.29, 1.82) is 0 Å². The molecule has 0 heterocycles. The van der Waals surface area contributed by atoms with Crippen LogP contribution < -0.4 is 5.43 Å². The van der Waals surface area contributed by atoms with Gasteiger partial charge >= 0.3 is 0 Å². The maximum Gasteiger partial charge on any atom is 0.238 e. The Labute approximate surface area is 104 Å². The minimum absolute atomic E-state index is 0.0197. The molecule has 0 aliphatic heterocycles. The van der Waals surface area contributed by atoms with Crippen LogP contribution in [0.25, 0.3) is 0 Å². The van der Waals surface area contributed by atoms with Crippen LogP contribution in [-0.4, -0.2) is 25.0 Å². The van der Waals surface area contributed by atoms with E-state index < -0.39 is 0 Å². The minimum atomic E-state index is 0.0197. The van der Waals surface area contributed by atoms with Gasteiger partial charge in [-0.2, -0.15) is 0 Å². The van der Waals surface area contributed by atoms with Crippen LogP contribution in [0.1, 0.15) is 37.3 Å². The SMILES string of the molecule is CCC(C)c1ccc(CC(=O)NN(C)C)cc1. The fourth-order valence-electron chi connectivity index (χ4n) is 1.67. The number of nitrogens with one attached hydrogen (secondary N) is 1. The summed E-state index contributed by atoms with van der Waals surface area (Å²) in [6.45, 7) is 4.40. The van der Waals surface area contributed by atoms with Crippen molar-refractivity contribution in [3.63, 3.8) is 0 Å². The topological polar surface area (TPSA) is 32.3 Å². The van der Waals surface area contributed by atoms with Gasteiger partial charge in [-0.1, -0.05) is 38.1 Å². The van der Waals surface area contributed by atoms with Crippen LogP contribution in [0.3, 0.4) is 0 Å². The summed E-state index contributed by atoms with van der Waals surface area (Å²) < 4.78 is 0. The van der Waals surface area contributed by atoms with Crippen LogP contribution in [-0.2, 0) is 11.2 Å². The molecule has 1 N–H and O–H groups in total. The van der Waals surface area contributed by atoms with Crippen LogP contribution in [0.2, 0.25) is 0 Å². The zero-order valence-corrected chi connectivity index (χ0v) is 11.2. The number of amides is 1. The summed E-state index contributed by atoms with van der Waals surface area (Å²) in [5.74, 6) is 0.603. The van der Waals surface area contributed by atoms with Crippen molar-refractivity contribution in [3.05, 3.63) is 35.4 Å². The van der Waals surface area contributed by atoms with Gasteiger partial charge in [0.2, 0.25) is 5.91 Å². The van der Waals surface area contributed by atoms with E-state index in [-0.39, 0.29) is 5.91 Å². The number of hydrogen-bond donors (Lipinski definition) is 1. The van der Waals surface area contributed by atoms with Crippen molar-refractivity contribution in [2.45, 2.75) is 32.6 Å². The molecule has 0 aliphatic carbocycles. The molecule has 0 fully saturated rings. The van der Waals surface area contributed by atoms with Crippen LogP contribution in [0.5, 0.6) is 0 Å². The summed E-state index contributed by atoms with van der Waals surface area (Å²) in [5, 5.41) is 1.66. The number of nitrogens with zero attached hydrogens (tertiary/aromatic N) is 1. The standard InChI is InChI=1S/C14H22N2O/c1-5-11(2)13-8-6-12(7-9-13)10-14(17)15-16(3)4/h6-9,11H,5,10H2,1-4H3,(H,15,17). The summed E-state index contributed by atoms with van der Waals surface area (Å²) >= 11 is 0. The predicted molar refractivity (Wildman–Crippen MR) is 70.7 cm³/mol. The van der Waals surface area contributed by atoms with Crippen molar-refractivity contribution < 1.29 is 4.79 Å². The lowest BCUT2D eigenvalue weighted by Crippen LogP contribution is -2.37. The molecular formula is C14H22N2O. The molecular weight excluding hydrogens is 212 g/mol. The first-order valence-corrected chi connectivity index (χ1v) is 6.08. The summed E-state index contributed by atoms with van der Waals surface area (Å²) in [5.41, 5.74) is 5.12. The highest BCUT2D eigenvalue weighted by molar-refractivity contribution is 5.78. The first-order chi connectivity index (χ1) is 8.02. The second kappa shape index (κ2) is 6.40. The van der Waals surface area contributed by atoms with E-state index in [0.29, 0.717) is 12.3 Å². The van der Waals surface area contributed by atoms with Crippen molar-refractivity contribution >= 4 is 5.91 Å². The molecule has 1 atom stereocenters. The van der Waals surface area contributed by atoms with Crippen LogP contribution in [0.4, 0.5) is 0 Å². The Morgan fingerprint density at radius 1 is 1.29 bits per heavy atom. The second-order valence-corrected chi connectivity index (χ2v) is 4.66. The highest BCUT2D eigenvalue weighted by atomic mass is 16.2. The molecule has 94 valence electrons. The molecule has 1 rings (SSSR count). The lowest BCUT2D eigenvalue weighted by molar-refractivity contribution is -0.124. The van der Waals surface area contributed by atoms with E-state index in [1.54, 1.807) is 5.01 Å². The fraction of sp³-hybridized carbons (Fsp3) is 0.500. The summed E-state index contributed by atoms with van der Waals surface area (Å²) in [6.07, 6.45) is 1.57. The molecule has 17 heavy (non-hydrogen) atoms. The summed E-state index contributed by atoms with van der Waals surface area (Å²) in [7, 11) is 3.62. The molecule has 3 heteroatoms. The van der Waals surface area contributed by atoms with Crippen molar-refractivity contribution in [3.8, 4) is 0 Å². The average molecular weight is 234 g/mol. The Hall–Kier alpha value is -1.35. The van der Waals surface area contributed by atoms with Gasteiger partial charge in [0, 0.05) is 14.1 Å². The smallest absolute Gasteiger partial charge is 0.238 e. The van der Waals surface area contributed by atoms with Crippen molar-refractivity contribution in [2.75, 3.05) is 14.1 Å². The van der Waals surface area contributed by atoms with Gasteiger partial charge < -0.3 is 0 Å². The number of rotatable bonds is 5. The number of hydrogen-bond acceptors (Lipinski definition) is 2. The molecule has 0 aliphatic rings. The summed E-state index contributed by atoms with van der Waals surface area (Å²) in [6, 6.07) is 8.31. The Morgan fingerprint density at radius 2 is 1.88 bits per heavy atom. The third-order valence-electron chi connectivity index (χ3n) is 2.87. The third kappa shape index (κ3) is 4.57. The van der Waals surface area contributed by atoms with E-state index in [0.717, 1.165) is 12.0 Å². The Bertz CT molecular complexity index is 357. The normalized spacial score (nSPS) is 12.5. The van der Waals surface area contributed by atoms with Crippen LogP contribution >= 0.6 is 0 Å². The molecule has 0 radical (unpaired) electrons. The van der Waals surface area contributed by atoms with Gasteiger partial charge in [0.25, 0.3) is 0 Å². The average Bonchev–Trinajstić information content (AvgIpc) is 2.28. The van der Waals surface area contributed by atoms with E-state index in [4.69, 9.17) is 0 Å². The highest BCUT2D eigenvalue weighted by Crippen LogP contribution is 2.18. The molecule has 1 amide bonds. The van der Waals surface area contributed by atoms with E-state index in [2.05, 4.69) is 31.4 Å². The second-order valence-electron chi connectivity index (χ2n) is 4.66. The lowest BCUT2D eigenvalue weighted by Gasteiger charge is -2.12. The predicted octanol–water partition coefficient (Wildman–Crippen LogP) is 2.34. The first kappa shape index (κ1) is 13.7. The molecule has 3 nitrogen and oxygen atoms in total. The Morgan fingerprint density at radius 3 is 2.35 bits per heavy atom. The monoisotopic (exact) mass is 234 g/mol. The van der Waals surface area contributed by atoms with Crippen molar-refractivity contribution in [1.82, 2.24) is 10.4 Å². The third-order valence-corrected chi connectivity index (χ3v) is 2.87. The van der Waals surface area contributed by atoms with Gasteiger partial charge in [0.15, 0.2) is 0 Å². The molecule has 0 saturated heterocycles. The van der Waals surface area contributed by atoms with Crippen LogP contribution in [0, 0.1) is 0 Å². The van der Waals surface area contributed by atoms with Gasteiger partial charge in [0.05, 0.1) is 6.42 Å². The van der Waals surface area contributed by atoms with Gasteiger partial charge in [-0.3, -0.25) is 10.2 Å². The number of benzene rings is 1.